The summed E-state index contributed by atoms with van der Waals surface area (Å²) in [7, 11) is 3.03. The average Bonchev–Trinajstić information content (AvgIpc) is 2.56. The molecule has 0 radical (unpaired) electrons. The molecule has 0 atom stereocenters. The smallest absolute Gasteiger partial charge is 0.323 e. The molecule has 6 heteroatoms. The highest BCUT2D eigenvalue weighted by molar-refractivity contribution is 5.92. The second kappa shape index (κ2) is 7.84. The molecule has 2 aromatic carbocycles. The molecule has 5 nitrogen and oxygen atoms in total. The third-order valence-corrected chi connectivity index (χ3v) is 3.04. The molecule has 0 saturated carbocycles. The Morgan fingerprint density at radius 2 is 1.91 bits per heavy atom. The zero-order chi connectivity index (χ0) is 16.7. The summed E-state index contributed by atoms with van der Waals surface area (Å²) in [4.78, 5) is 11.9. The molecule has 0 heterocycles. The van der Waals surface area contributed by atoms with Crippen molar-refractivity contribution in [1.29, 1.82) is 0 Å². The summed E-state index contributed by atoms with van der Waals surface area (Å²) in [6.45, 7) is 0. The van der Waals surface area contributed by atoms with Gasteiger partial charge in [0.15, 0.2) is 0 Å². The number of rotatable bonds is 5. The molecule has 0 aliphatic carbocycles. The van der Waals surface area contributed by atoms with Crippen molar-refractivity contribution in [1.82, 2.24) is 5.32 Å². The molecule has 0 fully saturated rings. The van der Waals surface area contributed by atoms with Gasteiger partial charge in [0.2, 0.25) is 0 Å². The van der Waals surface area contributed by atoms with Gasteiger partial charge in [-0.05, 0) is 24.3 Å². The number of amides is 2. The van der Waals surface area contributed by atoms with Gasteiger partial charge < -0.3 is 20.1 Å². The lowest BCUT2D eigenvalue weighted by Crippen LogP contribution is -2.24. The first kappa shape index (κ1) is 16.4. The minimum atomic E-state index is -0.482. The predicted molar refractivity (Wildman–Crippen MR) is 87.1 cm³/mol. The van der Waals surface area contributed by atoms with Crippen molar-refractivity contribution < 1.29 is 18.7 Å². The number of anilines is 1. The molecular weight excluding hydrogens is 299 g/mol. The van der Waals surface area contributed by atoms with Gasteiger partial charge in [0, 0.05) is 17.8 Å². The molecule has 0 aliphatic rings. The molecule has 2 N–H and O–H groups in total. The number of ether oxygens (including phenoxy) is 2. The molecule has 23 heavy (non-hydrogen) atoms. The van der Waals surface area contributed by atoms with Crippen LogP contribution in [0, 0.1) is 5.82 Å². The van der Waals surface area contributed by atoms with Crippen molar-refractivity contribution in [3.05, 3.63) is 60.0 Å². The molecule has 0 saturated heterocycles. The summed E-state index contributed by atoms with van der Waals surface area (Å²) in [5, 5.41) is 5.14. The third-order valence-electron chi connectivity index (χ3n) is 3.04. The SMILES string of the molecule is COc1ccc(OC)c(NC(=O)N/C=C/c2ccccc2F)c1. The Labute approximate surface area is 133 Å². The fourth-order valence-corrected chi connectivity index (χ4v) is 1.89. The summed E-state index contributed by atoms with van der Waals surface area (Å²) < 4.78 is 23.7. The van der Waals surface area contributed by atoms with Crippen LogP contribution in [0.15, 0.2) is 48.7 Å². The van der Waals surface area contributed by atoms with Crippen LogP contribution in [0.2, 0.25) is 0 Å². The Bertz CT molecular complexity index is 717. The van der Waals surface area contributed by atoms with Crippen molar-refractivity contribution in [3.63, 3.8) is 0 Å². The fraction of sp³-hybridized carbons (Fsp3) is 0.118. The molecular formula is C17H17FN2O3. The van der Waals surface area contributed by atoms with E-state index in [2.05, 4.69) is 10.6 Å². The second-order valence-electron chi connectivity index (χ2n) is 4.52. The van der Waals surface area contributed by atoms with E-state index in [0.29, 0.717) is 22.7 Å². The number of urea groups is 1. The Hall–Kier alpha value is -3.02. The first-order chi connectivity index (χ1) is 11.1. The minimum Gasteiger partial charge on any atom is -0.497 e. The standard InChI is InChI=1S/C17H17FN2O3/c1-22-13-7-8-16(23-2)15(11-13)20-17(21)19-10-9-12-5-3-4-6-14(12)18/h3-11H,1-2H3,(H2,19,20,21)/b10-9+. The third kappa shape index (κ3) is 4.47. The monoisotopic (exact) mass is 316 g/mol. The topological polar surface area (TPSA) is 59.6 Å². The van der Waals surface area contributed by atoms with E-state index >= 15 is 0 Å². The minimum absolute atomic E-state index is 0.361. The van der Waals surface area contributed by atoms with Crippen molar-refractivity contribution in [2.24, 2.45) is 0 Å². The van der Waals surface area contributed by atoms with Crippen LogP contribution >= 0.6 is 0 Å². The number of benzene rings is 2. The van der Waals surface area contributed by atoms with Crippen LogP contribution < -0.4 is 20.1 Å². The molecule has 0 aliphatic heterocycles. The summed E-state index contributed by atoms with van der Waals surface area (Å²) >= 11 is 0. The molecule has 0 aromatic heterocycles. The summed E-state index contributed by atoms with van der Waals surface area (Å²) in [5.74, 6) is 0.724. The van der Waals surface area contributed by atoms with E-state index in [0.717, 1.165) is 0 Å². The number of carbonyl (C=O) groups excluding carboxylic acids is 1. The summed E-state index contributed by atoms with van der Waals surface area (Å²) in [6.07, 6.45) is 2.83. The van der Waals surface area contributed by atoms with Gasteiger partial charge in [0.25, 0.3) is 0 Å². The van der Waals surface area contributed by atoms with Crippen LogP contribution in [-0.4, -0.2) is 20.3 Å². The van der Waals surface area contributed by atoms with Gasteiger partial charge in [-0.15, -0.1) is 0 Å². The van der Waals surface area contributed by atoms with Crippen LogP contribution in [-0.2, 0) is 0 Å². The number of nitrogens with one attached hydrogen (secondary N) is 2. The van der Waals surface area contributed by atoms with Crippen LogP contribution in [0.4, 0.5) is 14.9 Å². The molecule has 120 valence electrons. The normalized spacial score (nSPS) is 10.4. The van der Waals surface area contributed by atoms with Gasteiger partial charge in [0.05, 0.1) is 19.9 Å². The largest absolute Gasteiger partial charge is 0.497 e. The lowest BCUT2D eigenvalue weighted by atomic mass is 10.2. The van der Waals surface area contributed by atoms with E-state index in [1.165, 1.54) is 32.6 Å². The van der Waals surface area contributed by atoms with E-state index in [1.54, 1.807) is 36.4 Å². The van der Waals surface area contributed by atoms with Gasteiger partial charge in [-0.2, -0.15) is 0 Å². The number of hydrogen-bond donors (Lipinski definition) is 2. The highest BCUT2D eigenvalue weighted by atomic mass is 19.1. The van der Waals surface area contributed by atoms with Crippen LogP contribution in [0.3, 0.4) is 0 Å². The first-order valence-electron chi connectivity index (χ1n) is 6.84. The zero-order valence-electron chi connectivity index (χ0n) is 12.8. The molecule has 2 amide bonds. The van der Waals surface area contributed by atoms with Crippen LogP contribution in [0.25, 0.3) is 6.08 Å². The molecule has 2 rings (SSSR count). The maximum absolute atomic E-state index is 13.4. The van der Waals surface area contributed by atoms with Gasteiger partial charge in [-0.25, -0.2) is 9.18 Å². The van der Waals surface area contributed by atoms with Crippen molar-refractivity contribution in [2.75, 3.05) is 19.5 Å². The number of hydrogen-bond acceptors (Lipinski definition) is 3. The Kier molecular flexibility index (Phi) is 5.57. The highest BCUT2D eigenvalue weighted by Crippen LogP contribution is 2.28. The van der Waals surface area contributed by atoms with Crippen LogP contribution in [0.5, 0.6) is 11.5 Å². The zero-order valence-corrected chi connectivity index (χ0v) is 12.8. The number of methoxy groups -OCH3 is 2. The fourth-order valence-electron chi connectivity index (χ4n) is 1.89. The van der Waals surface area contributed by atoms with Crippen molar-refractivity contribution >= 4 is 17.8 Å². The first-order valence-corrected chi connectivity index (χ1v) is 6.84. The molecule has 0 spiro atoms. The molecule has 0 bridgehead atoms. The Morgan fingerprint density at radius 3 is 2.61 bits per heavy atom. The van der Waals surface area contributed by atoms with Crippen molar-refractivity contribution in [3.8, 4) is 11.5 Å². The second-order valence-corrected chi connectivity index (χ2v) is 4.52. The average molecular weight is 316 g/mol. The van der Waals surface area contributed by atoms with E-state index in [1.807, 2.05) is 0 Å². The van der Waals surface area contributed by atoms with E-state index in [-0.39, 0.29) is 5.82 Å². The van der Waals surface area contributed by atoms with Gasteiger partial charge >= 0.3 is 6.03 Å². The van der Waals surface area contributed by atoms with E-state index in [4.69, 9.17) is 9.47 Å². The quantitative estimate of drug-likeness (QED) is 0.885. The van der Waals surface area contributed by atoms with Gasteiger partial charge in [0.1, 0.15) is 17.3 Å². The lowest BCUT2D eigenvalue weighted by Gasteiger charge is -2.11. The van der Waals surface area contributed by atoms with Gasteiger partial charge in [-0.1, -0.05) is 18.2 Å². The van der Waals surface area contributed by atoms with Crippen molar-refractivity contribution in [2.45, 2.75) is 0 Å². The molecule has 0 unspecified atom stereocenters. The molecule has 2 aromatic rings. The Balaban J connectivity index is 2.01. The van der Waals surface area contributed by atoms with Crippen LogP contribution in [0.1, 0.15) is 5.56 Å². The maximum atomic E-state index is 13.4. The lowest BCUT2D eigenvalue weighted by molar-refractivity contribution is 0.255. The van der Waals surface area contributed by atoms with E-state index < -0.39 is 6.03 Å². The highest BCUT2D eigenvalue weighted by Gasteiger charge is 2.08. The van der Waals surface area contributed by atoms with Gasteiger partial charge in [-0.3, -0.25) is 0 Å². The Morgan fingerprint density at radius 1 is 1.13 bits per heavy atom. The maximum Gasteiger partial charge on any atom is 0.323 e. The summed E-state index contributed by atoms with van der Waals surface area (Å²) in [6, 6.07) is 10.8. The number of carbonyl (C=O) groups is 1. The summed E-state index contributed by atoms with van der Waals surface area (Å²) in [5.41, 5.74) is 0.843. The predicted octanol–water partition coefficient (Wildman–Crippen LogP) is 3.64. The number of halogens is 1. The van der Waals surface area contributed by atoms with E-state index in [9.17, 15) is 9.18 Å².